The van der Waals surface area contributed by atoms with E-state index in [1.807, 2.05) is 7.05 Å². The van der Waals surface area contributed by atoms with Gasteiger partial charge in [0.15, 0.2) is 5.78 Å². The van der Waals surface area contributed by atoms with Crippen molar-refractivity contribution < 1.29 is 9.53 Å². The molecule has 1 aromatic carbocycles. The van der Waals surface area contributed by atoms with Crippen molar-refractivity contribution in [3.8, 4) is 0 Å². The molecule has 0 aromatic heterocycles. The molecule has 0 heterocycles. The van der Waals surface area contributed by atoms with Crippen LogP contribution in [0.1, 0.15) is 29.6 Å². The van der Waals surface area contributed by atoms with E-state index < -0.39 is 0 Å². The lowest BCUT2D eigenvalue weighted by Crippen LogP contribution is -2.26. The third-order valence-corrected chi connectivity index (χ3v) is 4.46. The first-order valence-corrected chi connectivity index (χ1v) is 8.07. The molecule has 1 aromatic rings. The Morgan fingerprint density at radius 3 is 2.81 bits per heavy atom. The summed E-state index contributed by atoms with van der Waals surface area (Å²) in [5.41, 5.74) is 0.502. The summed E-state index contributed by atoms with van der Waals surface area (Å²) in [6.07, 6.45) is 3.05. The Balaban J connectivity index is 1.68. The summed E-state index contributed by atoms with van der Waals surface area (Å²) in [5, 5.41) is 0.768. The van der Waals surface area contributed by atoms with Crippen LogP contribution in [0.4, 0.5) is 0 Å². The number of nitrogens with zero attached hydrogens (tertiary/aromatic N) is 1. The number of likely N-dealkylation sites (N-methyl/N-ethyl adjacent to an activating group) is 1. The highest BCUT2D eigenvalue weighted by Gasteiger charge is 2.21. The molecule has 0 spiro atoms. The summed E-state index contributed by atoms with van der Waals surface area (Å²) in [6.45, 7) is 3.13. The molecule has 1 aliphatic carbocycles. The highest BCUT2D eigenvalue weighted by Crippen LogP contribution is 2.28. The van der Waals surface area contributed by atoms with E-state index in [4.69, 9.17) is 27.9 Å². The molecule has 0 radical (unpaired) electrons. The van der Waals surface area contributed by atoms with Crippen molar-refractivity contribution in [3.63, 3.8) is 0 Å². The van der Waals surface area contributed by atoms with Gasteiger partial charge >= 0.3 is 0 Å². The van der Waals surface area contributed by atoms with Crippen molar-refractivity contribution in [3.05, 3.63) is 33.8 Å². The average molecular weight is 330 g/mol. The number of hydrogen-bond donors (Lipinski definition) is 0. The Kier molecular flexibility index (Phi) is 6.49. The second kappa shape index (κ2) is 8.14. The lowest BCUT2D eigenvalue weighted by molar-refractivity contribution is 0.0918. The summed E-state index contributed by atoms with van der Waals surface area (Å²) in [7, 11) is 1.99. The second-order valence-electron chi connectivity index (χ2n) is 5.60. The number of carbonyl (C=O) groups is 1. The number of ether oxygens (including phenoxy) is 1. The number of benzene rings is 1. The molecule has 0 saturated heterocycles. The topological polar surface area (TPSA) is 29.5 Å². The molecule has 116 valence electrons. The van der Waals surface area contributed by atoms with Gasteiger partial charge in [-0.3, -0.25) is 4.79 Å². The van der Waals surface area contributed by atoms with Crippen LogP contribution in [0, 0.1) is 5.92 Å². The third kappa shape index (κ3) is 5.59. The van der Waals surface area contributed by atoms with Crippen LogP contribution in [0.5, 0.6) is 0 Å². The maximum Gasteiger partial charge on any atom is 0.165 e. The molecule has 1 aliphatic rings. The molecule has 0 atom stereocenters. The van der Waals surface area contributed by atoms with Gasteiger partial charge in [0.05, 0.1) is 16.7 Å². The van der Waals surface area contributed by atoms with E-state index in [1.54, 1.807) is 18.2 Å². The number of hydrogen-bond acceptors (Lipinski definition) is 3. The van der Waals surface area contributed by atoms with Crippen molar-refractivity contribution in [1.82, 2.24) is 4.90 Å². The highest BCUT2D eigenvalue weighted by molar-refractivity contribution is 6.43. The lowest BCUT2D eigenvalue weighted by atomic mass is 10.1. The molecule has 0 N–H and O–H groups in total. The van der Waals surface area contributed by atoms with Gasteiger partial charge in [-0.1, -0.05) is 29.3 Å². The summed E-state index contributed by atoms with van der Waals surface area (Å²) in [5.74, 6) is 0.815. The molecule has 0 amide bonds. The smallest absolute Gasteiger partial charge is 0.165 e. The van der Waals surface area contributed by atoms with Crippen molar-refractivity contribution in [2.75, 3.05) is 33.4 Å². The van der Waals surface area contributed by atoms with E-state index in [2.05, 4.69) is 4.90 Å². The molecule has 3 nitrogen and oxygen atoms in total. The monoisotopic (exact) mass is 329 g/mol. The van der Waals surface area contributed by atoms with Gasteiger partial charge in [-0.15, -0.1) is 0 Å². The molecule has 2 rings (SSSR count). The average Bonchev–Trinajstić information content (AvgIpc) is 3.28. The fraction of sp³-hybridized carbons (Fsp3) is 0.562. The quantitative estimate of drug-likeness (QED) is 0.508. The van der Waals surface area contributed by atoms with E-state index in [0.29, 0.717) is 28.6 Å². The minimum Gasteiger partial charge on any atom is -0.380 e. The van der Waals surface area contributed by atoms with Crippen LogP contribution < -0.4 is 0 Å². The zero-order chi connectivity index (χ0) is 15.2. The van der Waals surface area contributed by atoms with Crippen LogP contribution >= 0.6 is 23.2 Å². The van der Waals surface area contributed by atoms with Crippen LogP contribution in [0.2, 0.25) is 10.0 Å². The normalized spacial score (nSPS) is 14.7. The zero-order valence-electron chi connectivity index (χ0n) is 12.3. The summed E-state index contributed by atoms with van der Waals surface area (Å²) >= 11 is 12.0. The van der Waals surface area contributed by atoms with Crippen molar-refractivity contribution in [2.45, 2.75) is 19.3 Å². The van der Waals surface area contributed by atoms with Gasteiger partial charge in [-0.2, -0.15) is 0 Å². The van der Waals surface area contributed by atoms with Crippen LogP contribution in [0.25, 0.3) is 0 Å². The van der Waals surface area contributed by atoms with Gasteiger partial charge in [-0.05, 0) is 37.9 Å². The van der Waals surface area contributed by atoms with E-state index in [9.17, 15) is 4.79 Å². The molecule has 0 aliphatic heterocycles. The fourth-order valence-electron chi connectivity index (χ4n) is 2.01. The fourth-order valence-corrected chi connectivity index (χ4v) is 2.42. The predicted octanol–water partition coefficient (Wildman–Crippen LogP) is 3.92. The summed E-state index contributed by atoms with van der Waals surface area (Å²) in [6, 6.07) is 5.15. The van der Waals surface area contributed by atoms with Crippen molar-refractivity contribution in [2.24, 2.45) is 5.92 Å². The number of Topliss-reactive ketones (excluding diaryl/α,β-unsaturated/α-hetero) is 1. The molecular weight excluding hydrogens is 309 g/mol. The first-order chi connectivity index (χ1) is 10.1. The lowest BCUT2D eigenvalue weighted by Gasteiger charge is -2.16. The van der Waals surface area contributed by atoms with Crippen molar-refractivity contribution >= 4 is 29.0 Å². The maximum absolute atomic E-state index is 12.1. The Morgan fingerprint density at radius 1 is 1.33 bits per heavy atom. The largest absolute Gasteiger partial charge is 0.380 e. The first kappa shape index (κ1) is 16.8. The summed E-state index contributed by atoms with van der Waals surface area (Å²) < 4.78 is 5.59. The minimum absolute atomic E-state index is 0.0215. The standard InChI is InChI=1S/C16H21Cl2NO2/c1-19(9-10-21-11-12-5-6-12)8-7-15(20)13-3-2-4-14(17)16(13)18/h2-4,12H,5-11H2,1H3. The number of ketones is 1. The third-order valence-electron chi connectivity index (χ3n) is 3.64. The Bertz CT molecular complexity index is 489. The number of rotatable bonds is 9. The minimum atomic E-state index is 0.0215. The predicted molar refractivity (Wildman–Crippen MR) is 86.4 cm³/mol. The Labute approximate surface area is 136 Å². The molecule has 21 heavy (non-hydrogen) atoms. The van der Waals surface area contributed by atoms with E-state index in [0.717, 1.165) is 25.7 Å². The number of carbonyl (C=O) groups excluding carboxylic acids is 1. The molecular formula is C16H21Cl2NO2. The summed E-state index contributed by atoms with van der Waals surface area (Å²) in [4.78, 5) is 14.2. The van der Waals surface area contributed by atoms with E-state index >= 15 is 0 Å². The molecule has 1 fully saturated rings. The van der Waals surface area contributed by atoms with Gasteiger partial charge in [-0.25, -0.2) is 0 Å². The number of halogens is 2. The van der Waals surface area contributed by atoms with Gasteiger partial charge in [0.1, 0.15) is 0 Å². The van der Waals surface area contributed by atoms with Crippen LogP contribution in [-0.4, -0.2) is 44.0 Å². The van der Waals surface area contributed by atoms with Gasteiger partial charge in [0, 0.05) is 31.7 Å². The van der Waals surface area contributed by atoms with E-state index in [-0.39, 0.29) is 5.78 Å². The van der Waals surface area contributed by atoms with Crippen LogP contribution in [0.3, 0.4) is 0 Å². The van der Waals surface area contributed by atoms with Crippen LogP contribution in [0.15, 0.2) is 18.2 Å². The molecule has 5 heteroatoms. The Hall–Kier alpha value is -0.610. The first-order valence-electron chi connectivity index (χ1n) is 7.31. The maximum atomic E-state index is 12.1. The highest BCUT2D eigenvalue weighted by atomic mass is 35.5. The zero-order valence-corrected chi connectivity index (χ0v) is 13.8. The van der Waals surface area contributed by atoms with Gasteiger partial charge < -0.3 is 9.64 Å². The van der Waals surface area contributed by atoms with Crippen molar-refractivity contribution in [1.29, 1.82) is 0 Å². The molecule has 0 bridgehead atoms. The van der Waals surface area contributed by atoms with Gasteiger partial charge in [0.2, 0.25) is 0 Å². The van der Waals surface area contributed by atoms with Gasteiger partial charge in [0.25, 0.3) is 0 Å². The van der Waals surface area contributed by atoms with E-state index in [1.165, 1.54) is 12.8 Å². The Morgan fingerprint density at radius 2 is 2.10 bits per heavy atom. The molecule has 0 unspecified atom stereocenters. The second-order valence-corrected chi connectivity index (χ2v) is 6.38. The van der Waals surface area contributed by atoms with Crippen LogP contribution in [-0.2, 0) is 4.74 Å². The molecule has 1 saturated carbocycles. The SMILES string of the molecule is CN(CCOCC1CC1)CCC(=O)c1cccc(Cl)c1Cl.